The lowest BCUT2D eigenvalue weighted by Crippen LogP contribution is -2.70. The lowest BCUT2D eigenvalue weighted by Gasteiger charge is -2.49. The van der Waals surface area contributed by atoms with Crippen molar-refractivity contribution in [1.82, 2.24) is 10.2 Å². The summed E-state index contributed by atoms with van der Waals surface area (Å²) in [7, 11) is 0. The summed E-state index contributed by atoms with van der Waals surface area (Å²) in [6.45, 7) is 0.350. The quantitative estimate of drug-likeness (QED) is 0.257. The van der Waals surface area contributed by atoms with Gasteiger partial charge in [0, 0.05) is 11.3 Å². The molecule has 0 bridgehead atoms. The van der Waals surface area contributed by atoms with Crippen LogP contribution in [0.5, 0.6) is 0 Å². The fourth-order valence-electron chi connectivity index (χ4n) is 4.34. The van der Waals surface area contributed by atoms with Gasteiger partial charge in [0.25, 0.3) is 5.91 Å². The Hall–Kier alpha value is -2.90. The van der Waals surface area contributed by atoms with Crippen LogP contribution in [0.4, 0.5) is 0 Å². The molecule has 12 heteroatoms. The number of amides is 2. The third-order valence-electron chi connectivity index (χ3n) is 6.12. The van der Waals surface area contributed by atoms with Gasteiger partial charge in [-0.15, -0.1) is 34.4 Å². The van der Waals surface area contributed by atoms with Crippen molar-refractivity contribution < 1.29 is 19.5 Å². The van der Waals surface area contributed by atoms with Crippen molar-refractivity contribution in [3.05, 3.63) is 85.9 Å². The molecule has 2 atom stereocenters. The molecule has 0 aliphatic carbocycles. The molecule has 38 heavy (non-hydrogen) atoms. The zero-order valence-electron chi connectivity index (χ0n) is 19.9. The topological polar surface area (TPSA) is 130 Å². The number of fused-ring (bicyclic) bond motifs is 2. The molecule has 0 saturated carbocycles. The predicted molar refractivity (Wildman–Crippen MR) is 154 cm³/mol. The molecule has 196 valence electrons. The first-order chi connectivity index (χ1) is 18.4. The van der Waals surface area contributed by atoms with E-state index in [1.54, 1.807) is 11.5 Å². The van der Waals surface area contributed by atoms with Gasteiger partial charge in [-0.25, -0.2) is 4.79 Å². The van der Waals surface area contributed by atoms with E-state index in [0.29, 0.717) is 29.9 Å². The standard InChI is InChI=1S/C26H23N3O5S4/c27-9-6-16-21(31)22-17(8-11-35-22)38-26(16)36-10-7-15-13-37-24-19(23(32)29(24)20(15)25(33)34)28-18(30)12-14-4-2-1-3-5-14/h1-5,7-8,10-11,19,24H,6,9,12-13,27H2,(H,28,30)(H,33,34)/b10-7+/t19?,24-/m1/s1. The van der Waals surface area contributed by atoms with Gasteiger partial charge in [0.15, 0.2) is 0 Å². The van der Waals surface area contributed by atoms with E-state index < -0.39 is 23.3 Å². The number of carbonyl (C=O) groups excluding carboxylic acids is 2. The molecule has 3 aromatic rings. The zero-order valence-corrected chi connectivity index (χ0v) is 23.2. The van der Waals surface area contributed by atoms with Gasteiger partial charge in [-0.2, -0.15) is 0 Å². The van der Waals surface area contributed by atoms with Crippen LogP contribution in [0.1, 0.15) is 11.1 Å². The number of benzene rings is 1. The van der Waals surface area contributed by atoms with E-state index in [1.165, 1.54) is 51.1 Å². The fourth-order valence-corrected chi connectivity index (χ4v) is 8.93. The van der Waals surface area contributed by atoms with Gasteiger partial charge in [-0.05, 0) is 47.0 Å². The van der Waals surface area contributed by atoms with E-state index in [2.05, 4.69) is 5.32 Å². The molecule has 0 spiro atoms. The molecule has 5 rings (SSSR count). The van der Waals surface area contributed by atoms with Gasteiger partial charge >= 0.3 is 5.97 Å². The molecule has 2 aliphatic heterocycles. The van der Waals surface area contributed by atoms with Gasteiger partial charge in [0.1, 0.15) is 17.1 Å². The average molecular weight is 586 g/mol. The summed E-state index contributed by atoms with van der Waals surface area (Å²) < 4.78 is 2.45. The molecule has 1 aromatic carbocycles. The predicted octanol–water partition coefficient (Wildman–Crippen LogP) is 3.41. The van der Waals surface area contributed by atoms with E-state index in [0.717, 1.165) is 19.2 Å². The van der Waals surface area contributed by atoms with Gasteiger partial charge in [0.2, 0.25) is 11.3 Å². The van der Waals surface area contributed by atoms with Gasteiger partial charge in [-0.1, -0.05) is 42.1 Å². The number of hydrogen-bond acceptors (Lipinski definition) is 9. The van der Waals surface area contributed by atoms with Crippen LogP contribution in [-0.2, 0) is 27.2 Å². The summed E-state index contributed by atoms with van der Waals surface area (Å²) in [5.74, 6) is -1.55. The third kappa shape index (κ3) is 5.19. The zero-order chi connectivity index (χ0) is 26.8. The van der Waals surface area contributed by atoms with Crippen molar-refractivity contribution in [2.75, 3.05) is 12.3 Å². The highest BCUT2D eigenvalue weighted by Gasteiger charge is 2.53. The van der Waals surface area contributed by atoms with Crippen molar-refractivity contribution in [1.29, 1.82) is 0 Å². The summed E-state index contributed by atoms with van der Waals surface area (Å²) in [6, 6.07) is 10.4. The van der Waals surface area contributed by atoms with E-state index in [-0.39, 0.29) is 23.5 Å². The summed E-state index contributed by atoms with van der Waals surface area (Å²) in [5.41, 5.74) is 7.65. The van der Waals surface area contributed by atoms with Gasteiger partial charge < -0.3 is 16.2 Å². The SMILES string of the molecule is NCCc1c(S/C=C/C2=C(C(=O)O)N3C(=O)C(NC(=O)Cc4ccccc4)[C@H]3SC2)sc2ccsc2c1=O. The normalized spacial score (nSPS) is 19.1. The molecule has 2 aliphatic rings. The van der Waals surface area contributed by atoms with Gasteiger partial charge in [0.05, 0.1) is 20.0 Å². The Morgan fingerprint density at radius 3 is 2.74 bits per heavy atom. The third-order valence-corrected chi connectivity index (χ3v) is 10.7. The first kappa shape index (κ1) is 26.7. The number of nitrogens with zero attached hydrogens (tertiary/aromatic N) is 1. The van der Waals surface area contributed by atoms with Crippen LogP contribution in [0.15, 0.2) is 73.5 Å². The second-order valence-corrected chi connectivity index (χ2v) is 12.8. The van der Waals surface area contributed by atoms with Crippen LogP contribution in [-0.4, -0.2) is 51.5 Å². The number of thiophene rings is 1. The van der Waals surface area contributed by atoms with Crippen molar-refractivity contribution in [3.8, 4) is 0 Å². The number of rotatable bonds is 9. The Kier molecular flexibility index (Phi) is 8.05. The summed E-state index contributed by atoms with van der Waals surface area (Å²) in [5, 5.41) is 15.9. The molecular formula is C26H23N3O5S4. The number of β-lactam (4-membered cyclic amide) rings is 1. The maximum absolute atomic E-state index is 12.9. The maximum atomic E-state index is 12.9. The van der Waals surface area contributed by atoms with Crippen LogP contribution >= 0.6 is 46.2 Å². The number of carbonyl (C=O) groups is 3. The van der Waals surface area contributed by atoms with Crippen LogP contribution in [0, 0.1) is 0 Å². The number of aliphatic carboxylic acids is 1. The van der Waals surface area contributed by atoms with Crippen LogP contribution in [0.3, 0.4) is 0 Å². The molecule has 4 N–H and O–H groups in total. The number of nitrogens with one attached hydrogen (secondary N) is 1. The van der Waals surface area contributed by atoms with Crippen molar-refractivity contribution in [2.45, 2.75) is 28.5 Å². The molecule has 0 radical (unpaired) electrons. The molecule has 1 unspecified atom stereocenters. The Morgan fingerprint density at radius 2 is 2.00 bits per heavy atom. The molecule has 2 aromatic heterocycles. The summed E-state index contributed by atoms with van der Waals surface area (Å²) in [6.07, 6.45) is 2.29. The number of thioether (sulfide) groups is 2. The number of nitrogens with two attached hydrogens (primary N) is 1. The number of carboxylic acid groups (broad SMARTS) is 1. The lowest BCUT2D eigenvalue weighted by atomic mass is 10.0. The molecule has 4 heterocycles. The van der Waals surface area contributed by atoms with Gasteiger partial charge in [-0.3, -0.25) is 19.3 Å². The van der Waals surface area contributed by atoms with Crippen LogP contribution in [0.25, 0.3) is 9.40 Å². The first-order valence-electron chi connectivity index (χ1n) is 11.7. The number of carboxylic acids is 1. The fraction of sp³-hybridized carbons (Fsp3) is 0.231. The van der Waals surface area contributed by atoms with Crippen LogP contribution in [0.2, 0.25) is 0 Å². The highest BCUT2D eigenvalue weighted by atomic mass is 32.2. The van der Waals surface area contributed by atoms with E-state index >= 15 is 0 Å². The minimum Gasteiger partial charge on any atom is -0.477 e. The van der Waals surface area contributed by atoms with Crippen molar-refractivity contribution in [3.63, 3.8) is 0 Å². The minimum atomic E-state index is -1.20. The van der Waals surface area contributed by atoms with E-state index in [1.807, 2.05) is 41.8 Å². The maximum Gasteiger partial charge on any atom is 0.352 e. The summed E-state index contributed by atoms with van der Waals surface area (Å²) >= 11 is 5.68. The Labute approximate surface area is 234 Å². The Balaban J connectivity index is 1.32. The monoisotopic (exact) mass is 585 g/mol. The number of allylic oxidation sites excluding steroid dienone is 1. The average Bonchev–Trinajstić information content (AvgIpc) is 3.38. The van der Waals surface area contributed by atoms with Crippen molar-refractivity contribution in [2.24, 2.45) is 5.73 Å². The van der Waals surface area contributed by atoms with E-state index in [9.17, 15) is 24.3 Å². The molecule has 2 amide bonds. The smallest absolute Gasteiger partial charge is 0.352 e. The van der Waals surface area contributed by atoms with Crippen molar-refractivity contribution >= 4 is 73.4 Å². The molecule has 8 nitrogen and oxygen atoms in total. The number of hydrogen-bond donors (Lipinski definition) is 3. The summed E-state index contributed by atoms with van der Waals surface area (Å²) in [4.78, 5) is 51.7. The first-order valence-corrected chi connectivity index (χ1v) is 15.3. The second kappa shape index (κ2) is 11.5. The molecule has 1 fully saturated rings. The second-order valence-electron chi connectivity index (χ2n) is 8.57. The minimum absolute atomic E-state index is 0.0110. The Morgan fingerprint density at radius 1 is 1.21 bits per heavy atom. The van der Waals surface area contributed by atoms with Crippen LogP contribution < -0.4 is 16.5 Å². The largest absolute Gasteiger partial charge is 0.477 e. The lowest BCUT2D eigenvalue weighted by molar-refractivity contribution is -0.150. The Bertz CT molecular complexity index is 1530. The van der Waals surface area contributed by atoms with E-state index in [4.69, 9.17) is 5.73 Å². The highest BCUT2D eigenvalue weighted by Crippen LogP contribution is 2.41. The highest BCUT2D eigenvalue weighted by molar-refractivity contribution is 8.04. The molecular weight excluding hydrogens is 563 g/mol. The molecule has 1 saturated heterocycles.